The zero-order chi connectivity index (χ0) is 19.1. The van der Waals surface area contributed by atoms with E-state index in [4.69, 9.17) is 4.74 Å². The van der Waals surface area contributed by atoms with E-state index in [1.54, 1.807) is 24.7 Å². The minimum atomic E-state index is -1.16. The average Bonchev–Trinajstić information content (AvgIpc) is 3.05. The van der Waals surface area contributed by atoms with Crippen LogP contribution in [-0.2, 0) is 22.7 Å². The van der Waals surface area contributed by atoms with Crippen LogP contribution in [-0.4, -0.2) is 37.7 Å². The number of aromatic nitrogens is 2. The maximum Gasteiger partial charge on any atom is 0.411 e. The molecule has 0 saturated carbocycles. The van der Waals surface area contributed by atoms with Crippen molar-refractivity contribution in [3.63, 3.8) is 0 Å². The normalized spacial score (nSPS) is 12.0. The number of aliphatic carboxylic acids is 1. The number of rotatable bonds is 8. The van der Waals surface area contributed by atoms with Gasteiger partial charge in [-0.2, -0.15) is 0 Å². The molecule has 1 aromatic carbocycles. The van der Waals surface area contributed by atoms with Gasteiger partial charge in [0.15, 0.2) is 6.04 Å². The molecule has 0 aliphatic carbocycles. The highest BCUT2D eigenvalue weighted by Crippen LogP contribution is 2.25. The van der Waals surface area contributed by atoms with Crippen LogP contribution in [0.2, 0.25) is 0 Å². The van der Waals surface area contributed by atoms with Crippen molar-refractivity contribution < 1.29 is 19.4 Å². The smallest absolute Gasteiger partial charge is 0.411 e. The molecule has 0 radical (unpaired) electrons. The molecule has 1 atom stereocenters. The van der Waals surface area contributed by atoms with Gasteiger partial charge in [0, 0.05) is 12.6 Å². The van der Waals surface area contributed by atoms with Crippen LogP contribution in [0.25, 0.3) is 0 Å². The van der Waals surface area contributed by atoms with E-state index in [9.17, 15) is 14.7 Å². The summed E-state index contributed by atoms with van der Waals surface area (Å²) in [5.41, 5.74) is 1.30. The Morgan fingerprint density at radius 3 is 2.54 bits per heavy atom. The zero-order valence-electron chi connectivity index (χ0n) is 15.3. The van der Waals surface area contributed by atoms with E-state index < -0.39 is 18.1 Å². The molecule has 1 aromatic heterocycles. The monoisotopic (exact) mass is 359 g/mol. The van der Waals surface area contributed by atoms with Crippen molar-refractivity contribution in [2.45, 2.75) is 52.4 Å². The summed E-state index contributed by atoms with van der Waals surface area (Å²) in [5, 5.41) is 9.80. The molecular weight excluding hydrogens is 334 g/mol. The number of carboxylic acids is 1. The van der Waals surface area contributed by atoms with Crippen LogP contribution < -0.4 is 0 Å². The van der Waals surface area contributed by atoms with Gasteiger partial charge in [0.2, 0.25) is 0 Å². The van der Waals surface area contributed by atoms with Crippen LogP contribution in [0.4, 0.5) is 4.79 Å². The summed E-state index contributed by atoms with van der Waals surface area (Å²) < 4.78 is 7.14. The zero-order valence-corrected chi connectivity index (χ0v) is 15.3. The van der Waals surface area contributed by atoms with Crippen LogP contribution in [0.5, 0.6) is 0 Å². The fraction of sp³-hybridized carbons (Fsp3) is 0.421. The Bertz CT molecular complexity index is 727. The molecule has 0 fully saturated rings. The second-order valence-electron chi connectivity index (χ2n) is 6.29. The largest absolute Gasteiger partial charge is 0.479 e. The number of aryl methyl sites for hydroxylation is 1. The van der Waals surface area contributed by atoms with E-state index in [-0.39, 0.29) is 12.6 Å². The lowest BCUT2D eigenvalue weighted by atomic mass is 10.1. The van der Waals surface area contributed by atoms with Gasteiger partial charge in [-0.25, -0.2) is 14.6 Å². The number of nitrogens with zero attached hydrogens (tertiary/aromatic N) is 3. The first-order valence-electron chi connectivity index (χ1n) is 8.67. The Hall–Kier alpha value is -2.83. The maximum absolute atomic E-state index is 12.7. The van der Waals surface area contributed by atoms with Gasteiger partial charge in [-0.1, -0.05) is 37.3 Å². The lowest BCUT2D eigenvalue weighted by Gasteiger charge is -2.32. The summed E-state index contributed by atoms with van der Waals surface area (Å²) in [5.74, 6) is -1.12. The van der Waals surface area contributed by atoms with Crippen LogP contribution in [0.15, 0.2) is 42.9 Å². The summed E-state index contributed by atoms with van der Waals surface area (Å²) in [6.45, 7) is 6.24. The van der Waals surface area contributed by atoms with Gasteiger partial charge < -0.3 is 14.4 Å². The molecule has 0 aliphatic rings. The molecule has 26 heavy (non-hydrogen) atoms. The Kier molecular flexibility index (Phi) is 6.77. The summed E-state index contributed by atoms with van der Waals surface area (Å²) in [4.78, 5) is 30.0. The highest BCUT2D eigenvalue weighted by molar-refractivity contribution is 5.81. The van der Waals surface area contributed by atoms with Crippen molar-refractivity contribution in [3.8, 4) is 0 Å². The molecular formula is C19H25N3O4. The van der Waals surface area contributed by atoms with Crippen molar-refractivity contribution in [1.29, 1.82) is 0 Å². The Balaban J connectivity index is 2.25. The number of carboxylic acid groups (broad SMARTS) is 1. The van der Waals surface area contributed by atoms with Crippen LogP contribution in [0.1, 0.15) is 44.5 Å². The Morgan fingerprint density at radius 1 is 1.27 bits per heavy atom. The number of benzene rings is 1. The van der Waals surface area contributed by atoms with E-state index in [2.05, 4.69) is 4.98 Å². The number of ether oxygens (including phenoxy) is 1. The molecule has 2 aromatic rings. The fourth-order valence-corrected chi connectivity index (χ4v) is 2.78. The highest BCUT2D eigenvalue weighted by Gasteiger charge is 2.36. The number of amides is 1. The third-order valence-corrected chi connectivity index (χ3v) is 3.97. The Labute approximate surface area is 153 Å². The molecule has 1 heterocycles. The second-order valence-corrected chi connectivity index (χ2v) is 6.29. The minimum absolute atomic E-state index is 0.0868. The molecule has 0 aliphatic heterocycles. The van der Waals surface area contributed by atoms with Gasteiger partial charge in [-0.05, 0) is 25.8 Å². The fourth-order valence-electron chi connectivity index (χ4n) is 2.78. The van der Waals surface area contributed by atoms with E-state index in [0.717, 1.165) is 12.0 Å². The average molecular weight is 359 g/mol. The van der Waals surface area contributed by atoms with Crippen molar-refractivity contribution in [2.24, 2.45) is 0 Å². The summed E-state index contributed by atoms with van der Waals surface area (Å²) in [7, 11) is 0. The van der Waals surface area contributed by atoms with Crippen LogP contribution in [0, 0.1) is 0 Å². The third-order valence-electron chi connectivity index (χ3n) is 3.97. The van der Waals surface area contributed by atoms with E-state index in [1.807, 2.05) is 37.3 Å². The van der Waals surface area contributed by atoms with Crippen molar-refractivity contribution >= 4 is 12.1 Å². The van der Waals surface area contributed by atoms with E-state index in [0.29, 0.717) is 12.2 Å². The van der Waals surface area contributed by atoms with Gasteiger partial charge in [0.1, 0.15) is 6.61 Å². The lowest BCUT2D eigenvalue weighted by Crippen LogP contribution is -2.44. The minimum Gasteiger partial charge on any atom is -0.479 e. The molecule has 1 unspecified atom stereocenters. The molecule has 0 saturated heterocycles. The van der Waals surface area contributed by atoms with Crippen LogP contribution >= 0.6 is 0 Å². The van der Waals surface area contributed by atoms with Gasteiger partial charge >= 0.3 is 12.1 Å². The molecule has 1 amide bonds. The first kappa shape index (κ1) is 19.5. The van der Waals surface area contributed by atoms with E-state index in [1.165, 1.54) is 11.1 Å². The number of imidazole rings is 1. The van der Waals surface area contributed by atoms with Crippen molar-refractivity contribution in [1.82, 2.24) is 14.5 Å². The van der Waals surface area contributed by atoms with E-state index >= 15 is 0 Å². The second kappa shape index (κ2) is 9.03. The first-order chi connectivity index (χ1) is 12.5. The standard InChI is InChI=1S/C19H25N3O4/c1-4-10-21-13-20-11-16(21)17(18(23)24)22(14(2)3)19(25)26-12-15-8-6-5-7-9-15/h5-9,11,13-14,17H,4,10,12H2,1-3H3,(H,23,24). The molecule has 140 valence electrons. The van der Waals surface area contributed by atoms with Gasteiger partial charge in [0.05, 0.1) is 18.2 Å². The summed E-state index contributed by atoms with van der Waals surface area (Å²) in [6, 6.07) is 7.76. The number of hydrogen-bond donors (Lipinski definition) is 1. The quantitative estimate of drug-likeness (QED) is 0.780. The molecule has 1 N–H and O–H groups in total. The number of hydrogen-bond acceptors (Lipinski definition) is 4. The predicted molar refractivity (Wildman–Crippen MR) is 96.5 cm³/mol. The Morgan fingerprint density at radius 2 is 1.96 bits per heavy atom. The van der Waals surface area contributed by atoms with Crippen LogP contribution in [0.3, 0.4) is 0 Å². The highest BCUT2D eigenvalue weighted by atomic mass is 16.6. The van der Waals surface area contributed by atoms with Gasteiger partial charge in [0.25, 0.3) is 0 Å². The number of carbonyl (C=O) groups is 2. The molecule has 0 spiro atoms. The first-order valence-corrected chi connectivity index (χ1v) is 8.67. The van der Waals surface area contributed by atoms with Crippen molar-refractivity contribution in [2.75, 3.05) is 0 Å². The molecule has 0 bridgehead atoms. The lowest BCUT2D eigenvalue weighted by molar-refractivity contribution is -0.144. The molecule has 7 heteroatoms. The summed E-state index contributed by atoms with van der Waals surface area (Å²) in [6.07, 6.45) is 3.24. The maximum atomic E-state index is 12.7. The van der Waals surface area contributed by atoms with Gasteiger partial charge in [-0.3, -0.25) is 4.90 Å². The predicted octanol–water partition coefficient (Wildman–Crippen LogP) is 3.47. The van der Waals surface area contributed by atoms with Gasteiger partial charge in [-0.15, -0.1) is 0 Å². The number of carbonyl (C=O) groups excluding carboxylic acids is 1. The summed E-state index contributed by atoms with van der Waals surface area (Å²) >= 11 is 0. The topological polar surface area (TPSA) is 84.7 Å². The SMILES string of the molecule is CCCn1cncc1C(C(=O)O)N(C(=O)OCc1ccccc1)C(C)C. The molecule has 7 nitrogen and oxygen atoms in total. The van der Waals surface area contributed by atoms with Crippen molar-refractivity contribution in [3.05, 3.63) is 54.1 Å². The molecule has 2 rings (SSSR count). The third kappa shape index (κ3) is 4.62.